The first kappa shape index (κ1) is 16.8. The molecule has 0 aliphatic carbocycles. The molecule has 3 N–H and O–H groups in total. The van der Waals surface area contributed by atoms with E-state index in [0.717, 1.165) is 32.5 Å². The summed E-state index contributed by atoms with van der Waals surface area (Å²) in [5, 5.41) is 11.9. The van der Waals surface area contributed by atoms with Crippen molar-refractivity contribution in [1.29, 1.82) is 0 Å². The molecule has 6 nitrogen and oxygen atoms in total. The Morgan fingerprint density at radius 3 is 2.40 bits per heavy atom. The van der Waals surface area contributed by atoms with Crippen LogP contribution in [-0.4, -0.2) is 60.5 Å². The van der Waals surface area contributed by atoms with Gasteiger partial charge in [0.05, 0.1) is 0 Å². The first-order valence-corrected chi connectivity index (χ1v) is 7.27. The number of carbonyl (C=O) groups excluding carboxylic acids is 1. The van der Waals surface area contributed by atoms with Crippen molar-refractivity contribution in [1.82, 2.24) is 9.80 Å². The molecule has 1 saturated heterocycles. The Morgan fingerprint density at radius 1 is 1.45 bits per heavy atom. The molecule has 0 aromatic rings. The number of piperidine rings is 1. The van der Waals surface area contributed by atoms with Crippen LogP contribution in [0.3, 0.4) is 0 Å². The highest BCUT2D eigenvalue weighted by Crippen LogP contribution is 2.27. The summed E-state index contributed by atoms with van der Waals surface area (Å²) in [4.78, 5) is 16.7. The van der Waals surface area contributed by atoms with Gasteiger partial charge in [-0.2, -0.15) is 0 Å². The summed E-state index contributed by atoms with van der Waals surface area (Å²) in [7, 11) is 4.15. The maximum Gasteiger partial charge on any atom is 0.236 e. The highest BCUT2D eigenvalue weighted by atomic mass is 16.4. The zero-order valence-corrected chi connectivity index (χ0v) is 13.1. The summed E-state index contributed by atoms with van der Waals surface area (Å²) in [5.74, 6) is 0.616. The van der Waals surface area contributed by atoms with E-state index in [1.54, 1.807) is 6.92 Å². The first-order chi connectivity index (χ1) is 9.35. The lowest BCUT2D eigenvalue weighted by molar-refractivity contribution is -0.139. The molecule has 20 heavy (non-hydrogen) atoms. The Bertz CT molecular complexity index is 362. The first-order valence-electron chi connectivity index (χ1n) is 7.27. The van der Waals surface area contributed by atoms with Crippen LogP contribution in [0.15, 0.2) is 5.16 Å². The van der Waals surface area contributed by atoms with Gasteiger partial charge < -0.3 is 20.7 Å². The van der Waals surface area contributed by atoms with Crippen molar-refractivity contribution in [2.45, 2.75) is 33.1 Å². The Balaban J connectivity index is 2.66. The Hall–Kier alpha value is -1.30. The number of nitrogens with zero attached hydrogens (tertiary/aromatic N) is 3. The number of amidine groups is 1. The zero-order valence-electron chi connectivity index (χ0n) is 13.1. The standard InChI is InChI=1S/C14H28N4O2/c1-5-14(2,12(15)16-20)13(19)18-8-6-11(7-9-18)10-17(3)4/h11,20H,5-10H2,1-4H3,(H2,15,16). The fourth-order valence-corrected chi connectivity index (χ4v) is 2.74. The van der Waals surface area contributed by atoms with Gasteiger partial charge in [-0.25, -0.2) is 0 Å². The van der Waals surface area contributed by atoms with Gasteiger partial charge in [0.1, 0.15) is 5.41 Å². The maximum atomic E-state index is 12.6. The third kappa shape index (κ3) is 3.62. The quantitative estimate of drug-likeness (QED) is 0.341. The van der Waals surface area contributed by atoms with Gasteiger partial charge >= 0.3 is 0 Å². The van der Waals surface area contributed by atoms with E-state index in [0.29, 0.717) is 12.3 Å². The summed E-state index contributed by atoms with van der Waals surface area (Å²) in [6, 6.07) is 0. The Morgan fingerprint density at radius 2 is 2.00 bits per heavy atom. The van der Waals surface area contributed by atoms with Crippen molar-refractivity contribution in [2.24, 2.45) is 22.2 Å². The van der Waals surface area contributed by atoms with Crippen LogP contribution in [0.5, 0.6) is 0 Å². The van der Waals surface area contributed by atoms with Crippen molar-refractivity contribution in [3.8, 4) is 0 Å². The molecule has 0 aromatic carbocycles. The smallest absolute Gasteiger partial charge is 0.236 e. The molecular weight excluding hydrogens is 256 g/mol. The van der Waals surface area contributed by atoms with E-state index < -0.39 is 5.41 Å². The van der Waals surface area contributed by atoms with Gasteiger partial charge in [-0.15, -0.1) is 0 Å². The number of oxime groups is 1. The fraction of sp³-hybridized carbons (Fsp3) is 0.857. The van der Waals surface area contributed by atoms with Crippen molar-refractivity contribution in [3.05, 3.63) is 0 Å². The molecule has 1 amide bonds. The SMILES string of the molecule is CCC(C)(C(=O)N1CCC(CN(C)C)CC1)C(N)=NO. The van der Waals surface area contributed by atoms with Crippen LogP contribution in [-0.2, 0) is 4.79 Å². The second-order valence-corrected chi connectivity index (χ2v) is 6.17. The summed E-state index contributed by atoms with van der Waals surface area (Å²) in [5.41, 5.74) is 4.81. The minimum absolute atomic E-state index is 0.000384. The Labute approximate surface area is 121 Å². The normalized spacial score (nSPS) is 21.1. The summed E-state index contributed by atoms with van der Waals surface area (Å²) in [6.07, 6.45) is 2.55. The van der Waals surface area contributed by atoms with Crippen LogP contribution in [0.25, 0.3) is 0 Å². The van der Waals surface area contributed by atoms with Gasteiger partial charge in [-0.05, 0) is 46.2 Å². The van der Waals surface area contributed by atoms with E-state index >= 15 is 0 Å². The monoisotopic (exact) mass is 284 g/mol. The zero-order chi connectivity index (χ0) is 15.3. The number of amides is 1. The third-order valence-corrected chi connectivity index (χ3v) is 4.38. The predicted molar refractivity (Wildman–Crippen MR) is 79.7 cm³/mol. The number of carbonyl (C=O) groups is 1. The highest BCUT2D eigenvalue weighted by molar-refractivity contribution is 6.06. The van der Waals surface area contributed by atoms with Gasteiger partial charge in [-0.1, -0.05) is 12.1 Å². The average molecular weight is 284 g/mol. The number of nitrogens with two attached hydrogens (primary N) is 1. The summed E-state index contributed by atoms with van der Waals surface area (Å²) >= 11 is 0. The van der Waals surface area contributed by atoms with Gasteiger partial charge in [0, 0.05) is 19.6 Å². The van der Waals surface area contributed by atoms with Crippen LogP contribution in [0.1, 0.15) is 33.1 Å². The minimum atomic E-state index is -0.900. The lowest BCUT2D eigenvalue weighted by atomic mass is 9.83. The molecule has 0 spiro atoms. The topological polar surface area (TPSA) is 82.2 Å². The van der Waals surface area contributed by atoms with Crippen LogP contribution < -0.4 is 5.73 Å². The number of hydrogen-bond acceptors (Lipinski definition) is 4. The van der Waals surface area contributed by atoms with Crippen LogP contribution in [0.2, 0.25) is 0 Å². The van der Waals surface area contributed by atoms with E-state index in [2.05, 4.69) is 24.2 Å². The van der Waals surface area contributed by atoms with Crippen molar-refractivity contribution >= 4 is 11.7 Å². The minimum Gasteiger partial charge on any atom is -0.409 e. The molecule has 0 aromatic heterocycles. The number of rotatable bonds is 5. The molecule has 6 heteroatoms. The molecule has 1 unspecified atom stereocenters. The lowest BCUT2D eigenvalue weighted by Crippen LogP contribution is -2.52. The van der Waals surface area contributed by atoms with E-state index in [1.165, 1.54) is 0 Å². The molecule has 1 fully saturated rings. The Kier molecular flexibility index (Phi) is 5.80. The summed E-state index contributed by atoms with van der Waals surface area (Å²) in [6.45, 7) is 6.20. The summed E-state index contributed by atoms with van der Waals surface area (Å²) < 4.78 is 0. The predicted octanol–water partition coefficient (Wildman–Crippen LogP) is 0.949. The van der Waals surface area contributed by atoms with E-state index in [9.17, 15) is 4.79 Å². The van der Waals surface area contributed by atoms with Crippen LogP contribution in [0, 0.1) is 11.3 Å². The van der Waals surface area contributed by atoms with Gasteiger partial charge in [0.15, 0.2) is 5.84 Å². The molecule has 1 rings (SSSR count). The molecule has 0 saturated carbocycles. The molecule has 1 atom stereocenters. The average Bonchev–Trinajstić information content (AvgIpc) is 2.45. The lowest BCUT2D eigenvalue weighted by Gasteiger charge is -2.38. The van der Waals surface area contributed by atoms with Gasteiger partial charge in [0.25, 0.3) is 0 Å². The second-order valence-electron chi connectivity index (χ2n) is 6.17. The van der Waals surface area contributed by atoms with E-state index in [1.807, 2.05) is 11.8 Å². The molecule has 1 heterocycles. The van der Waals surface area contributed by atoms with Crippen molar-refractivity contribution in [3.63, 3.8) is 0 Å². The number of hydrogen-bond donors (Lipinski definition) is 2. The number of likely N-dealkylation sites (tertiary alicyclic amines) is 1. The largest absolute Gasteiger partial charge is 0.409 e. The van der Waals surface area contributed by atoms with Crippen LogP contribution >= 0.6 is 0 Å². The van der Waals surface area contributed by atoms with E-state index in [-0.39, 0.29) is 11.7 Å². The van der Waals surface area contributed by atoms with Crippen molar-refractivity contribution in [2.75, 3.05) is 33.7 Å². The third-order valence-electron chi connectivity index (χ3n) is 4.38. The highest BCUT2D eigenvalue weighted by Gasteiger charge is 2.40. The van der Waals surface area contributed by atoms with Crippen molar-refractivity contribution < 1.29 is 10.0 Å². The molecule has 0 radical (unpaired) electrons. The molecule has 1 aliphatic heterocycles. The molecular formula is C14H28N4O2. The van der Waals surface area contributed by atoms with Gasteiger partial charge in [0.2, 0.25) is 5.91 Å². The fourth-order valence-electron chi connectivity index (χ4n) is 2.74. The second kappa shape index (κ2) is 6.92. The van der Waals surface area contributed by atoms with E-state index in [4.69, 9.17) is 10.9 Å². The molecule has 0 bridgehead atoms. The van der Waals surface area contributed by atoms with Gasteiger partial charge in [-0.3, -0.25) is 4.79 Å². The maximum absolute atomic E-state index is 12.6. The molecule has 1 aliphatic rings. The molecule has 116 valence electrons. The van der Waals surface area contributed by atoms with Crippen LogP contribution in [0.4, 0.5) is 0 Å².